The van der Waals surface area contributed by atoms with Crippen LogP contribution in [0.3, 0.4) is 0 Å². The maximum atomic E-state index is 11.2. The van der Waals surface area contributed by atoms with E-state index in [1.165, 1.54) is 0 Å². The van der Waals surface area contributed by atoms with Crippen LogP contribution in [0.5, 0.6) is 5.75 Å². The van der Waals surface area contributed by atoms with Crippen molar-refractivity contribution in [3.05, 3.63) is 29.3 Å². The first-order valence-corrected chi connectivity index (χ1v) is 7.21. The number of hydrogen-bond donors (Lipinski definition) is 2. The molecule has 0 saturated heterocycles. The van der Waals surface area contributed by atoms with Gasteiger partial charge in [0.25, 0.3) is 0 Å². The Morgan fingerprint density at radius 1 is 1.38 bits per heavy atom. The van der Waals surface area contributed by atoms with Crippen LogP contribution in [0.2, 0.25) is 0 Å². The summed E-state index contributed by atoms with van der Waals surface area (Å²) in [6, 6.07) is 5.67. The van der Waals surface area contributed by atoms with Crippen molar-refractivity contribution in [3.63, 3.8) is 0 Å². The predicted molar refractivity (Wildman–Crippen MR) is 88.2 cm³/mol. The van der Waals surface area contributed by atoms with Gasteiger partial charge in [-0.05, 0) is 23.6 Å². The molecule has 5 nitrogen and oxygen atoms in total. The number of hydrogen-bond acceptors (Lipinski definition) is 4. The highest BCUT2D eigenvalue weighted by atomic mass is 32.1. The van der Waals surface area contributed by atoms with Crippen LogP contribution in [-0.2, 0) is 11.3 Å². The average molecular weight is 309 g/mol. The van der Waals surface area contributed by atoms with Crippen LogP contribution >= 0.6 is 12.2 Å². The number of rotatable bonds is 8. The van der Waals surface area contributed by atoms with Gasteiger partial charge in [-0.25, -0.2) is 0 Å². The van der Waals surface area contributed by atoms with Crippen LogP contribution in [0, 0.1) is 5.92 Å². The molecule has 1 rings (SSSR count). The van der Waals surface area contributed by atoms with E-state index in [4.69, 9.17) is 28.4 Å². The van der Waals surface area contributed by atoms with Crippen LogP contribution in [-0.4, -0.2) is 36.0 Å². The van der Waals surface area contributed by atoms with Crippen molar-refractivity contribution in [2.45, 2.75) is 20.4 Å². The molecule has 0 fully saturated rings. The zero-order valence-corrected chi connectivity index (χ0v) is 13.6. The van der Waals surface area contributed by atoms with Gasteiger partial charge in [-0.1, -0.05) is 32.1 Å². The van der Waals surface area contributed by atoms with E-state index in [0.717, 1.165) is 12.1 Å². The maximum absolute atomic E-state index is 11.2. The molecule has 6 heteroatoms. The quantitative estimate of drug-likeness (QED) is 0.707. The van der Waals surface area contributed by atoms with Gasteiger partial charge >= 0.3 is 0 Å². The molecule has 0 spiro atoms. The van der Waals surface area contributed by atoms with E-state index in [1.807, 2.05) is 23.1 Å². The van der Waals surface area contributed by atoms with E-state index in [-0.39, 0.29) is 12.5 Å². The van der Waals surface area contributed by atoms with Crippen LogP contribution in [0.1, 0.15) is 25.0 Å². The molecule has 0 aliphatic heterocycles. The van der Waals surface area contributed by atoms with Gasteiger partial charge in [-0.3, -0.25) is 9.69 Å². The third-order valence-electron chi connectivity index (χ3n) is 2.94. The summed E-state index contributed by atoms with van der Waals surface area (Å²) < 4.78 is 5.24. The lowest BCUT2D eigenvalue weighted by molar-refractivity contribution is -0.119. The Morgan fingerprint density at radius 3 is 2.52 bits per heavy atom. The van der Waals surface area contributed by atoms with Crippen molar-refractivity contribution in [1.29, 1.82) is 0 Å². The Bertz CT molecular complexity index is 518. The molecular formula is C15H23N3O2S. The fourth-order valence-electron chi connectivity index (χ4n) is 2.23. The van der Waals surface area contributed by atoms with Crippen molar-refractivity contribution in [3.8, 4) is 5.75 Å². The smallest absolute Gasteiger partial charge is 0.231 e. The van der Waals surface area contributed by atoms with Crippen molar-refractivity contribution in [2.24, 2.45) is 17.4 Å². The second-order valence-electron chi connectivity index (χ2n) is 5.43. The summed E-state index contributed by atoms with van der Waals surface area (Å²) in [5, 5.41) is 0. The van der Waals surface area contributed by atoms with Crippen molar-refractivity contribution >= 4 is 23.1 Å². The Hall–Kier alpha value is -1.66. The first-order chi connectivity index (χ1) is 9.83. The van der Waals surface area contributed by atoms with Crippen LogP contribution in [0.15, 0.2) is 18.2 Å². The largest absolute Gasteiger partial charge is 0.496 e. The molecule has 0 aliphatic rings. The van der Waals surface area contributed by atoms with Gasteiger partial charge < -0.3 is 16.2 Å². The van der Waals surface area contributed by atoms with Gasteiger partial charge in [-0.2, -0.15) is 0 Å². The third-order valence-corrected chi connectivity index (χ3v) is 3.16. The fourth-order valence-corrected chi connectivity index (χ4v) is 2.39. The summed E-state index contributed by atoms with van der Waals surface area (Å²) >= 11 is 5.04. The van der Waals surface area contributed by atoms with Crippen LogP contribution < -0.4 is 16.2 Å². The first-order valence-electron chi connectivity index (χ1n) is 6.80. The maximum Gasteiger partial charge on any atom is 0.231 e. The Balaban J connectivity index is 2.95. The van der Waals surface area contributed by atoms with Gasteiger partial charge in [0.05, 0.1) is 19.2 Å². The Morgan fingerprint density at radius 2 is 2.05 bits per heavy atom. The normalized spacial score (nSPS) is 10.9. The predicted octanol–water partition coefficient (Wildman–Crippen LogP) is 1.27. The molecule has 0 aliphatic carbocycles. The number of benzene rings is 1. The number of nitrogens with zero attached hydrogens (tertiary/aromatic N) is 1. The van der Waals surface area contributed by atoms with Crippen LogP contribution in [0.4, 0.5) is 0 Å². The zero-order chi connectivity index (χ0) is 16.0. The molecule has 1 aromatic carbocycles. The molecule has 0 radical (unpaired) electrons. The second-order valence-corrected chi connectivity index (χ2v) is 5.87. The second kappa shape index (κ2) is 7.95. The first kappa shape index (κ1) is 17.4. The SMILES string of the molecule is COc1ccc(CN(CC(N)=O)CC(C)C)cc1C(N)=S. The average Bonchev–Trinajstić information content (AvgIpc) is 2.36. The number of carbonyl (C=O) groups is 1. The van der Waals surface area contributed by atoms with Crippen molar-refractivity contribution < 1.29 is 9.53 Å². The molecule has 21 heavy (non-hydrogen) atoms. The molecule has 0 saturated carbocycles. The standard InChI is InChI=1S/C15H23N3O2S/c1-10(2)7-18(9-14(16)19)8-11-4-5-13(20-3)12(6-11)15(17)21/h4-6,10H,7-9H2,1-3H3,(H2,16,19)(H2,17,21). The number of primary amides is 1. The molecule has 0 unspecified atom stereocenters. The monoisotopic (exact) mass is 309 g/mol. The molecule has 116 valence electrons. The van der Waals surface area contributed by atoms with Gasteiger partial charge in [-0.15, -0.1) is 0 Å². The molecule has 0 bridgehead atoms. The molecule has 1 amide bonds. The minimum absolute atomic E-state index is 0.229. The molecule has 4 N–H and O–H groups in total. The lowest BCUT2D eigenvalue weighted by atomic mass is 10.1. The van der Waals surface area contributed by atoms with Gasteiger partial charge in [0, 0.05) is 13.1 Å². The molecule has 0 atom stereocenters. The van der Waals surface area contributed by atoms with E-state index in [0.29, 0.717) is 28.8 Å². The number of amides is 1. The highest BCUT2D eigenvalue weighted by Gasteiger charge is 2.13. The fraction of sp³-hybridized carbons (Fsp3) is 0.467. The van der Waals surface area contributed by atoms with Crippen molar-refractivity contribution in [2.75, 3.05) is 20.2 Å². The zero-order valence-electron chi connectivity index (χ0n) is 12.8. The minimum Gasteiger partial charge on any atom is -0.496 e. The Labute approximate surface area is 131 Å². The molecule has 0 heterocycles. The van der Waals surface area contributed by atoms with Gasteiger partial charge in [0.15, 0.2) is 0 Å². The number of ether oxygens (including phenoxy) is 1. The van der Waals surface area contributed by atoms with E-state index in [9.17, 15) is 4.79 Å². The topological polar surface area (TPSA) is 81.6 Å². The summed E-state index contributed by atoms with van der Waals surface area (Å²) in [6.45, 7) is 5.83. The number of carbonyl (C=O) groups excluding carboxylic acids is 1. The Kier molecular flexibility index (Phi) is 6.58. The summed E-state index contributed by atoms with van der Waals surface area (Å²) in [5.41, 5.74) is 12.7. The summed E-state index contributed by atoms with van der Waals surface area (Å²) in [5.74, 6) is 0.757. The number of thiocarbonyl (C=S) groups is 1. The van der Waals surface area contributed by atoms with E-state index >= 15 is 0 Å². The molecule has 0 aromatic heterocycles. The summed E-state index contributed by atoms with van der Waals surface area (Å²) in [7, 11) is 1.58. The van der Waals surface area contributed by atoms with E-state index in [2.05, 4.69) is 13.8 Å². The lowest BCUT2D eigenvalue weighted by Gasteiger charge is -2.23. The van der Waals surface area contributed by atoms with Gasteiger partial charge in [0.2, 0.25) is 5.91 Å². The lowest BCUT2D eigenvalue weighted by Crippen LogP contribution is -2.35. The summed E-state index contributed by atoms with van der Waals surface area (Å²) in [4.78, 5) is 13.5. The molecular weight excluding hydrogens is 286 g/mol. The van der Waals surface area contributed by atoms with E-state index < -0.39 is 0 Å². The minimum atomic E-state index is -0.335. The van der Waals surface area contributed by atoms with Crippen molar-refractivity contribution in [1.82, 2.24) is 4.90 Å². The highest BCUT2D eigenvalue weighted by Crippen LogP contribution is 2.21. The van der Waals surface area contributed by atoms with E-state index in [1.54, 1.807) is 7.11 Å². The summed E-state index contributed by atoms with van der Waals surface area (Å²) in [6.07, 6.45) is 0. The van der Waals surface area contributed by atoms with Crippen LogP contribution in [0.25, 0.3) is 0 Å². The number of nitrogens with two attached hydrogens (primary N) is 2. The van der Waals surface area contributed by atoms with Gasteiger partial charge in [0.1, 0.15) is 10.7 Å². The number of methoxy groups -OCH3 is 1. The highest BCUT2D eigenvalue weighted by molar-refractivity contribution is 7.80. The molecule has 1 aromatic rings. The third kappa shape index (κ3) is 5.69.